The van der Waals surface area contributed by atoms with E-state index in [1.165, 1.54) is 23.9 Å². The minimum Gasteiger partial charge on any atom is -0.490 e. The van der Waals surface area contributed by atoms with Gasteiger partial charge in [-0.25, -0.2) is 4.79 Å². The Bertz CT molecular complexity index is 866. The van der Waals surface area contributed by atoms with Crippen LogP contribution in [-0.2, 0) is 11.0 Å². The van der Waals surface area contributed by atoms with Crippen molar-refractivity contribution in [2.75, 3.05) is 25.6 Å². The lowest BCUT2D eigenvalue weighted by molar-refractivity contribution is -0.139. The number of carbonyl (C=O) groups is 1. The molecule has 0 fully saturated rings. The average molecular weight is 442 g/mol. The van der Waals surface area contributed by atoms with E-state index in [0.29, 0.717) is 29.6 Å². The first-order chi connectivity index (χ1) is 14.2. The van der Waals surface area contributed by atoms with Gasteiger partial charge in [-0.05, 0) is 55.0 Å². The van der Waals surface area contributed by atoms with Crippen molar-refractivity contribution in [1.82, 2.24) is 0 Å². The maximum atomic E-state index is 12.6. The van der Waals surface area contributed by atoms with Crippen molar-refractivity contribution >= 4 is 17.7 Å². The highest BCUT2D eigenvalue weighted by atomic mass is 32.2. The topological polar surface area (TPSA) is 65.0 Å². The molecule has 5 nitrogen and oxygen atoms in total. The normalized spacial score (nSPS) is 11.1. The smallest absolute Gasteiger partial charge is 0.416 e. The van der Waals surface area contributed by atoms with Crippen LogP contribution in [0.3, 0.4) is 0 Å². The first-order valence-corrected chi connectivity index (χ1v) is 9.88. The lowest BCUT2D eigenvalue weighted by Crippen LogP contribution is -2.10. The molecule has 1 N–H and O–H groups in total. The fourth-order valence-electron chi connectivity index (χ4n) is 2.26. The van der Waals surface area contributed by atoms with Crippen LogP contribution >= 0.6 is 11.8 Å². The number of hydrogen-bond acceptors (Lipinski definition) is 5. The van der Waals surface area contributed by atoms with Gasteiger partial charge < -0.3 is 19.3 Å². The Balaban J connectivity index is 1.87. The Kier molecular flexibility index (Phi) is 8.46. The summed E-state index contributed by atoms with van der Waals surface area (Å²) in [6, 6.07) is 9.63. The molecule has 0 unspecified atom stereocenters. The maximum absolute atomic E-state index is 12.6. The lowest BCUT2D eigenvalue weighted by Gasteiger charge is -2.13. The molecular formula is C21H21F3O5S. The monoisotopic (exact) mass is 442 g/mol. The highest BCUT2D eigenvalue weighted by molar-refractivity contribution is 7.99. The first-order valence-electron chi connectivity index (χ1n) is 8.90. The molecule has 0 radical (unpaired) electrons. The molecule has 0 spiro atoms. The van der Waals surface area contributed by atoms with Gasteiger partial charge in [0.25, 0.3) is 0 Å². The summed E-state index contributed by atoms with van der Waals surface area (Å²) in [6.45, 7) is 5.82. The van der Waals surface area contributed by atoms with Gasteiger partial charge in [-0.2, -0.15) is 13.2 Å². The van der Waals surface area contributed by atoms with Gasteiger partial charge in [0.05, 0.1) is 12.2 Å². The van der Waals surface area contributed by atoms with Crippen LogP contribution in [0.1, 0.15) is 12.5 Å². The number of ether oxygens (including phenoxy) is 3. The predicted molar refractivity (Wildman–Crippen MR) is 108 cm³/mol. The van der Waals surface area contributed by atoms with Crippen LogP contribution in [0.25, 0.3) is 0 Å². The summed E-state index contributed by atoms with van der Waals surface area (Å²) in [6.07, 6.45) is -4.38. The molecule has 30 heavy (non-hydrogen) atoms. The number of halogens is 3. The molecule has 2 aromatic rings. The third kappa shape index (κ3) is 7.55. The molecule has 9 heteroatoms. The van der Waals surface area contributed by atoms with Gasteiger partial charge in [0.1, 0.15) is 12.4 Å². The minimum atomic E-state index is -4.38. The summed E-state index contributed by atoms with van der Waals surface area (Å²) in [5.74, 6) is 0.540. The molecule has 162 valence electrons. The van der Waals surface area contributed by atoms with Gasteiger partial charge in [0.2, 0.25) is 0 Å². The number of rotatable bonds is 11. The maximum Gasteiger partial charge on any atom is 0.416 e. The molecule has 0 aliphatic heterocycles. The van der Waals surface area contributed by atoms with Crippen molar-refractivity contribution in [3.05, 3.63) is 60.2 Å². The number of hydrogen-bond donors (Lipinski definition) is 1. The average Bonchev–Trinajstić information content (AvgIpc) is 2.69. The summed E-state index contributed by atoms with van der Waals surface area (Å²) >= 11 is 1.46. The van der Waals surface area contributed by atoms with E-state index in [9.17, 15) is 18.0 Å². The van der Waals surface area contributed by atoms with Crippen LogP contribution in [0.5, 0.6) is 17.2 Å². The van der Waals surface area contributed by atoms with Gasteiger partial charge >= 0.3 is 12.1 Å². The largest absolute Gasteiger partial charge is 0.490 e. The molecule has 0 aromatic heterocycles. The zero-order valence-electron chi connectivity index (χ0n) is 16.2. The Morgan fingerprint density at radius 1 is 1.03 bits per heavy atom. The Morgan fingerprint density at radius 3 is 2.33 bits per heavy atom. The molecule has 0 aliphatic carbocycles. The number of alkyl halides is 3. The SMILES string of the molecule is C=C(COc1ccc(C(F)(F)F)cc1)CSc1ccc(OCC(=O)O)c(OCC)c1. The molecular weight excluding hydrogens is 421 g/mol. The van der Waals surface area contributed by atoms with Gasteiger partial charge in [-0.1, -0.05) is 6.58 Å². The van der Waals surface area contributed by atoms with Crippen LogP contribution in [0.2, 0.25) is 0 Å². The van der Waals surface area contributed by atoms with Gasteiger partial charge in [0, 0.05) is 10.6 Å². The zero-order valence-corrected chi connectivity index (χ0v) is 17.0. The number of carboxylic acids is 1. The summed E-state index contributed by atoms with van der Waals surface area (Å²) < 4.78 is 53.9. The van der Waals surface area contributed by atoms with Crippen LogP contribution in [0.15, 0.2) is 59.5 Å². The van der Waals surface area contributed by atoms with Gasteiger partial charge in [0.15, 0.2) is 18.1 Å². The summed E-state index contributed by atoms with van der Waals surface area (Å²) in [4.78, 5) is 11.5. The Hall–Kier alpha value is -2.81. The molecule has 0 amide bonds. The lowest BCUT2D eigenvalue weighted by atomic mass is 10.2. The number of thioether (sulfide) groups is 1. The molecule has 2 rings (SSSR count). The second-order valence-corrected chi connectivity index (χ2v) is 7.12. The first kappa shape index (κ1) is 23.5. The standard InChI is InChI=1S/C21H21F3O5S/c1-3-27-19-10-17(8-9-18(19)29-12-20(25)26)30-13-14(2)11-28-16-6-4-15(5-7-16)21(22,23)24/h4-10H,2-3,11-13H2,1H3,(H,25,26). The molecule has 0 aliphatic rings. The van der Waals surface area contributed by atoms with Crippen molar-refractivity contribution in [3.63, 3.8) is 0 Å². The van der Waals surface area contributed by atoms with E-state index >= 15 is 0 Å². The van der Waals surface area contributed by atoms with Crippen LogP contribution in [0, 0.1) is 0 Å². The van der Waals surface area contributed by atoms with Crippen LogP contribution in [0.4, 0.5) is 13.2 Å². The molecule has 0 saturated heterocycles. The van der Waals surface area contributed by atoms with Crippen molar-refractivity contribution in [1.29, 1.82) is 0 Å². The summed E-state index contributed by atoms with van der Waals surface area (Å²) in [5.41, 5.74) is 0.00850. The zero-order chi connectivity index (χ0) is 22.1. The van der Waals surface area contributed by atoms with E-state index in [-0.39, 0.29) is 6.61 Å². The molecule has 2 aromatic carbocycles. The molecule has 0 heterocycles. The van der Waals surface area contributed by atoms with E-state index in [1.807, 2.05) is 0 Å². The fraction of sp³-hybridized carbons (Fsp3) is 0.286. The highest BCUT2D eigenvalue weighted by Crippen LogP contribution is 2.33. The second-order valence-electron chi connectivity index (χ2n) is 6.07. The third-order valence-electron chi connectivity index (χ3n) is 3.63. The third-order valence-corrected chi connectivity index (χ3v) is 4.77. The van der Waals surface area contributed by atoms with E-state index in [1.54, 1.807) is 25.1 Å². The van der Waals surface area contributed by atoms with E-state index in [0.717, 1.165) is 22.6 Å². The Morgan fingerprint density at radius 2 is 1.73 bits per heavy atom. The van der Waals surface area contributed by atoms with Crippen molar-refractivity contribution in [2.45, 2.75) is 18.0 Å². The van der Waals surface area contributed by atoms with Gasteiger partial charge in [-0.3, -0.25) is 0 Å². The van der Waals surface area contributed by atoms with Crippen LogP contribution in [-0.4, -0.2) is 36.6 Å². The number of aliphatic carboxylic acids is 1. The summed E-state index contributed by atoms with van der Waals surface area (Å²) in [5, 5.41) is 8.74. The van der Waals surface area contributed by atoms with Crippen molar-refractivity contribution < 1.29 is 37.3 Å². The minimum absolute atomic E-state index is 0.163. The van der Waals surface area contributed by atoms with Gasteiger partial charge in [-0.15, -0.1) is 11.8 Å². The van der Waals surface area contributed by atoms with E-state index in [2.05, 4.69) is 6.58 Å². The molecule has 0 atom stereocenters. The quantitative estimate of drug-likeness (QED) is 0.377. The van der Waals surface area contributed by atoms with Crippen molar-refractivity contribution in [3.8, 4) is 17.2 Å². The predicted octanol–water partition coefficient (Wildman–Crippen LogP) is 5.29. The summed E-state index contributed by atoms with van der Waals surface area (Å²) in [7, 11) is 0. The molecule has 0 bridgehead atoms. The number of carboxylic acid groups (broad SMARTS) is 1. The highest BCUT2D eigenvalue weighted by Gasteiger charge is 2.30. The second kappa shape index (κ2) is 10.8. The fourth-order valence-corrected chi connectivity index (χ4v) is 3.07. The molecule has 0 saturated carbocycles. The number of benzene rings is 2. The van der Waals surface area contributed by atoms with Crippen LogP contribution < -0.4 is 14.2 Å². The Labute approximate surface area is 176 Å². The van der Waals surface area contributed by atoms with Crippen molar-refractivity contribution in [2.24, 2.45) is 0 Å². The van der Waals surface area contributed by atoms with E-state index in [4.69, 9.17) is 19.3 Å². The van der Waals surface area contributed by atoms with E-state index < -0.39 is 24.3 Å².